The first kappa shape index (κ1) is 13.3. The van der Waals surface area contributed by atoms with Crippen LogP contribution in [0.4, 0.5) is 0 Å². The van der Waals surface area contributed by atoms with Gasteiger partial charge >= 0.3 is 0 Å². The summed E-state index contributed by atoms with van der Waals surface area (Å²) in [6.07, 6.45) is 2.92. The van der Waals surface area contributed by atoms with Crippen molar-refractivity contribution in [2.75, 3.05) is 0 Å². The van der Waals surface area contributed by atoms with Crippen LogP contribution in [0.2, 0.25) is 0 Å². The Hall–Kier alpha value is -2.68. The van der Waals surface area contributed by atoms with Crippen LogP contribution in [0, 0.1) is 0 Å². The number of allylic oxidation sites excluding steroid dienone is 1. The zero-order chi connectivity index (χ0) is 14.5. The molecule has 0 atom stereocenters. The fraction of sp³-hybridized carbons (Fsp3) is 0.111. The number of hydrogen-bond acceptors (Lipinski definition) is 3. The molecule has 3 rings (SSSR count). The molecule has 0 bridgehead atoms. The molecule has 21 heavy (non-hydrogen) atoms. The Kier molecular flexibility index (Phi) is 3.92. The maximum absolute atomic E-state index is 11.5. The Balaban J connectivity index is 1.92. The first-order chi connectivity index (χ1) is 10.3. The zero-order valence-electron chi connectivity index (χ0n) is 11.5. The molecule has 0 fully saturated rings. The van der Waals surface area contributed by atoms with E-state index < -0.39 is 0 Å². The van der Waals surface area contributed by atoms with E-state index in [1.54, 1.807) is 0 Å². The smallest absolute Gasteiger partial charge is 0.196 e. The van der Waals surface area contributed by atoms with Gasteiger partial charge in [-0.1, -0.05) is 60.7 Å². The third-order valence-electron chi connectivity index (χ3n) is 3.26. The quantitative estimate of drug-likeness (QED) is 0.858. The number of nitrogens with zero attached hydrogens (tertiary/aromatic N) is 1. The Morgan fingerprint density at radius 3 is 2.00 bits per heavy atom. The van der Waals surface area contributed by atoms with Crippen LogP contribution in [0.3, 0.4) is 0 Å². The lowest BCUT2D eigenvalue weighted by Gasteiger charge is -2.21. The molecule has 3 heteroatoms. The predicted molar refractivity (Wildman–Crippen MR) is 82.0 cm³/mol. The number of rotatable bonds is 3. The zero-order valence-corrected chi connectivity index (χ0v) is 11.5. The molecular formula is C18H15NO2. The van der Waals surface area contributed by atoms with Gasteiger partial charge in [-0.25, -0.2) is 4.99 Å². The molecule has 2 aromatic rings. The van der Waals surface area contributed by atoms with Crippen molar-refractivity contribution in [2.24, 2.45) is 4.99 Å². The van der Waals surface area contributed by atoms with E-state index in [0.717, 1.165) is 11.1 Å². The van der Waals surface area contributed by atoms with Crippen LogP contribution >= 0.6 is 0 Å². The second-order valence-corrected chi connectivity index (χ2v) is 4.80. The van der Waals surface area contributed by atoms with Gasteiger partial charge in [-0.2, -0.15) is 0 Å². The highest BCUT2D eigenvalue weighted by Gasteiger charge is 2.19. The van der Waals surface area contributed by atoms with E-state index in [4.69, 9.17) is 4.74 Å². The van der Waals surface area contributed by atoms with Crippen LogP contribution in [0.25, 0.3) is 0 Å². The van der Waals surface area contributed by atoms with Crippen LogP contribution in [-0.4, -0.2) is 11.7 Å². The summed E-state index contributed by atoms with van der Waals surface area (Å²) in [7, 11) is 0. The normalized spacial score (nSPS) is 14.1. The average molecular weight is 277 g/mol. The molecular weight excluding hydrogens is 262 g/mol. The van der Waals surface area contributed by atoms with Crippen molar-refractivity contribution >= 4 is 11.7 Å². The summed E-state index contributed by atoms with van der Waals surface area (Å²) >= 11 is 0. The molecule has 0 spiro atoms. The Morgan fingerprint density at radius 1 is 0.905 bits per heavy atom. The summed E-state index contributed by atoms with van der Waals surface area (Å²) < 4.78 is 6.01. The van der Waals surface area contributed by atoms with Gasteiger partial charge in [0.1, 0.15) is 0 Å². The minimum Gasteiger partial charge on any atom is -0.467 e. The highest BCUT2D eigenvalue weighted by molar-refractivity contribution is 6.05. The van der Waals surface area contributed by atoms with Gasteiger partial charge in [0.05, 0.1) is 6.42 Å². The molecule has 0 saturated carbocycles. The van der Waals surface area contributed by atoms with Gasteiger partial charge in [0, 0.05) is 12.3 Å². The van der Waals surface area contributed by atoms with Gasteiger partial charge in [-0.3, -0.25) is 4.79 Å². The van der Waals surface area contributed by atoms with Crippen molar-refractivity contribution in [3.8, 4) is 0 Å². The molecule has 0 N–H and O–H groups in total. The van der Waals surface area contributed by atoms with Crippen LogP contribution in [0.1, 0.15) is 23.7 Å². The van der Waals surface area contributed by atoms with Gasteiger partial charge in [0.25, 0.3) is 0 Å². The summed E-state index contributed by atoms with van der Waals surface area (Å²) in [5.41, 5.74) is 2.07. The van der Waals surface area contributed by atoms with Crippen LogP contribution in [-0.2, 0) is 9.53 Å². The fourth-order valence-electron chi connectivity index (χ4n) is 2.25. The van der Waals surface area contributed by atoms with E-state index in [9.17, 15) is 4.79 Å². The van der Waals surface area contributed by atoms with Gasteiger partial charge in [-0.15, -0.1) is 0 Å². The lowest BCUT2D eigenvalue weighted by atomic mass is 10.0. The molecule has 104 valence electrons. The van der Waals surface area contributed by atoms with Gasteiger partial charge in [-0.05, 0) is 11.1 Å². The fourth-order valence-corrected chi connectivity index (χ4v) is 2.25. The van der Waals surface area contributed by atoms with E-state index in [0.29, 0.717) is 5.90 Å². The first-order valence-electron chi connectivity index (χ1n) is 6.85. The van der Waals surface area contributed by atoms with Crippen molar-refractivity contribution in [3.05, 3.63) is 84.1 Å². The summed E-state index contributed by atoms with van der Waals surface area (Å²) in [6.45, 7) is 0. The Labute approximate surface area is 123 Å². The average Bonchev–Trinajstić information content (AvgIpc) is 2.54. The maximum atomic E-state index is 11.5. The lowest BCUT2D eigenvalue weighted by molar-refractivity contribution is -0.113. The second-order valence-electron chi connectivity index (χ2n) is 4.80. The summed E-state index contributed by atoms with van der Waals surface area (Å²) in [5, 5.41) is 0. The number of hydrogen-bond donors (Lipinski definition) is 0. The van der Waals surface area contributed by atoms with E-state index >= 15 is 0 Å². The molecule has 0 radical (unpaired) electrons. The van der Waals surface area contributed by atoms with Gasteiger partial charge < -0.3 is 4.74 Å². The van der Waals surface area contributed by atoms with Gasteiger partial charge in [0.15, 0.2) is 17.8 Å². The topological polar surface area (TPSA) is 38.7 Å². The molecule has 1 heterocycles. The number of ketones is 1. The van der Waals surface area contributed by atoms with Crippen LogP contribution in [0.5, 0.6) is 0 Å². The molecule has 0 aromatic heterocycles. The third kappa shape index (κ3) is 3.26. The predicted octanol–water partition coefficient (Wildman–Crippen LogP) is 3.68. The van der Waals surface area contributed by atoms with Crippen molar-refractivity contribution in [1.29, 1.82) is 0 Å². The highest BCUT2D eigenvalue weighted by atomic mass is 16.5. The molecule has 0 saturated heterocycles. The molecule has 0 aliphatic carbocycles. The summed E-state index contributed by atoms with van der Waals surface area (Å²) in [5.74, 6) is 0.472. The lowest BCUT2D eigenvalue weighted by Crippen LogP contribution is -2.17. The number of benzene rings is 2. The molecule has 3 nitrogen and oxygen atoms in total. The van der Waals surface area contributed by atoms with E-state index in [1.165, 1.54) is 12.3 Å². The highest BCUT2D eigenvalue weighted by Crippen LogP contribution is 2.27. The molecule has 2 aromatic carbocycles. The van der Waals surface area contributed by atoms with E-state index in [1.807, 2.05) is 60.7 Å². The monoisotopic (exact) mass is 277 g/mol. The van der Waals surface area contributed by atoms with Crippen molar-refractivity contribution < 1.29 is 9.53 Å². The molecule has 0 unspecified atom stereocenters. The van der Waals surface area contributed by atoms with Crippen LogP contribution in [0.15, 0.2) is 77.9 Å². The second kappa shape index (κ2) is 6.18. The van der Waals surface area contributed by atoms with Crippen LogP contribution < -0.4 is 0 Å². The Morgan fingerprint density at radius 2 is 1.48 bits per heavy atom. The largest absolute Gasteiger partial charge is 0.467 e. The minimum atomic E-state index is -0.259. The maximum Gasteiger partial charge on any atom is 0.196 e. The molecule has 1 aliphatic heterocycles. The Bertz CT molecular complexity index is 635. The molecule has 0 amide bonds. The number of aliphatic imine (C=N–C) groups is 1. The summed E-state index contributed by atoms with van der Waals surface area (Å²) in [6, 6.07) is 19.9. The number of ether oxygens (including phenoxy) is 1. The van der Waals surface area contributed by atoms with Crippen molar-refractivity contribution in [3.63, 3.8) is 0 Å². The van der Waals surface area contributed by atoms with E-state index in [-0.39, 0.29) is 18.3 Å². The number of carbonyl (C=O) groups is 1. The third-order valence-corrected chi connectivity index (χ3v) is 3.26. The van der Waals surface area contributed by atoms with Crippen molar-refractivity contribution in [2.45, 2.75) is 12.5 Å². The SMILES string of the molecule is O=C1C=CN=C(OC(c2ccccc2)c2ccccc2)C1. The first-order valence-corrected chi connectivity index (χ1v) is 6.85. The minimum absolute atomic E-state index is 0.0138. The molecule has 1 aliphatic rings. The summed E-state index contributed by atoms with van der Waals surface area (Å²) in [4.78, 5) is 15.6. The van der Waals surface area contributed by atoms with Crippen molar-refractivity contribution in [1.82, 2.24) is 0 Å². The standard InChI is InChI=1S/C18H15NO2/c20-16-11-12-19-17(13-16)21-18(14-7-3-1-4-8-14)15-9-5-2-6-10-15/h1-12,18H,13H2. The number of carbonyl (C=O) groups excluding carboxylic acids is 1. The van der Waals surface area contributed by atoms with Gasteiger partial charge in [0.2, 0.25) is 0 Å². The van der Waals surface area contributed by atoms with E-state index in [2.05, 4.69) is 4.99 Å².